The molecule has 2 saturated heterocycles. The van der Waals surface area contributed by atoms with Crippen molar-refractivity contribution >= 4 is 92.4 Å². The van der Waals surface area contributed by atoms with Crippen molar-refractivity contribution in [2.75, 3.05) is 37.6 Å². The Bertz CT molecular complexity index is 3360. The number of nitrogen functional groups attached to an aromatic ring is 2. The summed E-state index contributed by atoms with van der Waals surface area (Å²) in [4.78, 5) is 58.2. The highest BCUT2D eigenvalue weighted by molar-refractivity contribution is 6.21. The second kappa shape index (κ2) is 24.9. The van der Waals surface area contributed by atoms with Crippen molar-refractivity contribution in [1.29, 1.82) is 0 Å². The number of amides is 1. The maximum absolute atomic E-state index is 12.7. The molecule has 10 rings (SSSR count). The summed E-state index contributed by atoms with van der Waals surface area (Å²) in [7, 11) is 0. The van der Waals surface area contributed by atoms with Gasteiger partial charge < -0.3 is 35.6 Å². The van der Waals surface area contributed by atoms with Crippen molar-refractivity contribution in [1.82, 2.24) is 20.2 Å². The predicted octanol–water partition coefficient (Wildman–Crippen LogP) is 11.9. The molecule has 4 aromatic heterocycles. The van der Waals surface area contributed by atoms with Crippen LogP contribution in [-0.2, 0) is 22.4 Å². The number of carboxylic acid groups (broad SMARTS) is 1. The van der Waals surface area contributed by atoms with Crippen LogP contribution in [0.2, 0.25) is 0 Å². The van der Waals surface area contributed by atoms with E-state index in [0.717, 1.165) is 104 Å². The van der Waals surface area contributed by atoms with E-state index in [1.165, 1.54) is 0 Å². The van der Waals surface area contributed by atoms with Gasteiger partial charge in [-0.15, -0.1) is 23.2 Å². The van der Waals surface area contributed by atoms with Gasteiger partial charge in [0.15, 0.2) is 11.6 Å². The SMILES string of the molecule is Cc1cc(-c2ccc(C(=O)N3CC[C@H](Cl)C3)cc2)cc2cc(CCC(=O)/C=C/c3ccc(N)nc3)oc12.Cc1cc(-c2ccc(C(=O)O)cc2)cc2cc(CCC(=O)/C=C/c3ccc(N)nc3)oc12.Cl[C@H]1CCNC1. The number of carbonyl (C=O) groups excluding carboxylic acids is 3. The monoisotopic (exact) mass is 1040 g/mol. The summed E-state index contributed by atoms with van der Waals surface area (Å²) in [5.74, 6) is 1.49. The number of ketones is 2. The molecule has 1 amide bonds. The number of nitrogens with two attached hydrogens (primary N) is 2. The Morgan fingerprint density at radius 2 is 1.15 bits per heavy atom. The zero-order chi connectivity index (χ0) is 53.0. The van der Waals surface area contributed by atoms with Crippen molar-refractivity contribution < 1.29 is 33.1 Å². The van der Waals surface area contributed by atoms with E-state index in [0.29, 0.717) is 61.3 Å². The second-order valence-corrected chi connectivity index (χ2v) is 19.9. The lowest BCUT2D eigenvalue weighted by Gasteiger charge is -2.15. The first-order chi connectivity index (χ1) is 36.1. The van der Waals surface area contributed by atoms with Crippen LogP contribution in [0.3, 0.4) is 0 Å². The van der Waals surface area contributed by atoms with Gasteiger partial charge in [-0.2, -0.15) is 0 Å². The molecular formula is C60H58Cl2N6O7. The number of fused-ring (bicyclic) bond motifs is 2. The van der Waals surface area contributed by atoms with Crippen molar-refractivity contribution in [2.24, 2.45) is 0 Å². The van der Waals surface area contributed by atoms with E-state index < -0.39 is 5.97 Å². The number of hydrogen-bond donors (Lipinski definition) is 4. The number of alkyl halides is 2. The van der Waals surface area contributed by atoms with Gasteiger partial charge in [0.1, 0.15) is 34.3 Å². The molecule has 75 heavy (non-hydrogen) atoms. The maximum Gasteiger partial charge on any atom is 0.335 e. The standard InChI is InChI=1S/C30H28ClN3O3.C26H22N2O4.C4H8ClN/c1-19-14-23(21-4-6-22(7-5-21)30(36)34-13-12-25(31)18-34)15-24-16-27(37-29(19)24)10-9-26(35)8-2-20-3-11-28(32)33-17-20;1-16-12-20(18-4-6-19(7-5-18)26(30)31)13-21-14-23(32-25(16)21)10-9-22(29)8-2-17-3-11-24(27)28-15-17;5-4-1-2-6-3-4/h2-8,11,14-17,25H,9-10,12-13,18H2,1H3,(H2,32,33);2-8,11-15H,9-10H2,1H3,(H2,27,28)(H,30,31);4,6H,1-3H2/b2*8-2+;/t25-;;4-/m0.0/s1. The summed E-state index contributed by atoms with van der Waals surface area (Å²) in [5.41, 5.74) is 21.3. The van der Waals surface area contributed by atoms with Gasteiger partial charge in [-0.05, 0) is 187 Å². The first-order valence-electron chi connectivity index (χ1n) is 24.8. The average molecular weight is 1050 g/mol. The van der Waals surface area contributed by atoms with E-state index in [9.17, 15) is 19.2 Å². The van der Waals surface area contributed by atoms with Gasteiger partial charge in [-0.25, -0.2) is 14.8 Å². The first-order valence-corrected chi connectivity index (χ1v) is 25.6. The molecule has 13 nitrogen and oxygen atoms in total. The van der Waals surface area contributed by atoms with Crippen LogP contribution in [0.5, 0.6) is 0 Å². The summed E-state index contributed by atoms with van der Waals surface area (Å²) in [6, 6.07) is 33.7. The number of aromatic nitrogens is 2. The number of hydrogen-bond acceptors (Lipinski definition) is 11. The van der Waals surface area contributed by atoms with Gasteiger partial charge in [0.05, 0.1) is 10.9 Å². The van der Waals surface area contributed by atoms with E-state index in [2.05, 4.69) is 27.4 Å². The minimum Gasteiger partial charge on any atom is -0.478 e. The number of benzene rings is 4. The summed E-state index contributed by atoms with van der Waals surface area (Å²) in [5, 5.41) is 14.6. The van der Waals surface area contributed by atoms with E-state index in [1.807, 2.05) is 73.3 Å². The summed E-state index contributed by atoms with van der Waals surface area (Å²) >= 11 is 11.8. The molecule has 8 aromatic rings. The molecule has 0 aliphatic carbocycles. The zero-order valence-corrected chi connectivity index (χ0v) is 43.2. The summed E-state index contributed by atoms with van der Waals surface area (Å²) in [6.45, 7) is 7.40. The molecule has 15 heteroatoms. The van der Waals surface area contributed by atoms with Crippen LogP contribution in [0, 0.1) is 13.8 Å². The fourth-order valence-electron chi connectivity index (χ4n) is 8.73. The number of aryl methyl sites for hydroxylation is 4. The molecule has 2 atom stereocenters. The number of likely N-dealkylation sites (tertiary alicyclic amines) is 1. The molecular weight excluding hydrogens is 988 g/mol. The van der Waals surface area contributed by atoms with Gasteiger partial charge in [-0.1, -0.05) is 24.3 Å². The van der Waals surface area contributed by atoms with Crippen molar-refractivity contribution in [3.05, 3.63) is 179 Å². The fourth-order valence-corrected chi connectivity index (χ4v) is 9.21. The lowest BCUT2D eigenvalue weighted by molar-refractivity contribution is -0.115. The normalized spacial score (nSPS) is 15.3. The number of rotatable bonds is 14. The third-order valence-electron chi connectivity index (χ3n) is 12.8. The molecule has 0 radical (unpaired) electrons. The quantitative estimate of drug-likeness (QED) is 0.0593. The van der Waals surface area contributed by atoms with Crippen LogP contribution in [0.4, 0.5) is 11.6 Å². The van der Waals surface area contributed by atoms with E-state index in [1.54, 1.807) is 79.2 Å². The Morgan fingerprint density at radius 1 is 0.653 bits per heavy atom. The van der Waals surface area contributed by atoms with Gasteiger partial charge in [0.2, 0.25) is 0 Å². The van der Waals surface area contributed by atoms with E-state index in [-0.39, 0.29) is 28.4 Å². The maximum atomic E-state index is 12.7. The van der Waals surface area contributed by atoms with Crippen LogP contribution < -0.4 is 16.8 Å². The lowest BCUT2D eigenvalue weighted by atomic mass is 10.00. The molecule has 6 N–H and O–H groups in total. The smallest absolute Gasteiger partial charge is 0.335 e. The molecule has 2 fully saturated rings. The van der Waals surface area contributed by atoms with Crippen LogP contribution in [-0.4, -0.2) is 80.4 Å². The number of carbonyl (C=O) groups is 4. The fraction of sp³-hybridized carbons (Fsp3) is 0.233. The minimum atomic E-state index is -0.947. The van der Waals surface area contributed by atoms with Gasteiger partial charge in [0.25, 0.3) is 5.91 Å². The number of carboxylic acids is 1. The topological polar surface area (TPSA) is 208 Å². The molecule has 0 unspecified atom stereocenters. The molecule has 6 heterocycles. The Kier molecular flexibility index (Phi) is 17.8. The molecule has 4 aromatic carbocycles. The predicted molar refractivity (Wildman–Crippen MR) is 299 cm³/mol. The number of aromatic carboxylic acids is 1. The third kappa shape index (κ3) is 14.7. The summed E-state index contributed by atoms with van der Waals surface area (Å²) in [6.07, 6.45) is 13.5. The highest BCUT2D eigenvalue weighted by Gasteiger charge is 2.25. The van der Waals surface area contributed by atoms with Crippen LogP contribution in [0.1, 0.15) is 80.2 Å². The molecule has 2 aliphatic heterocycles. The van der Waals surface area contributed by atoms with E-state index >= 15 is 0 Å². The number of halogens is 2. The van der Waals surface area contributed by atoms with Crippen molar-refractivity contribution in [3.8, 4) is 22.3 Å². The van der Waals surface area contributed by atoms with Crippen molar-refractivity contribution in [3.63, 3.8) is 0 Å². The third-order valence-corrected chi connectivity index (χ3v) is 13.6. The molecule has 384 valence electrons. The minimum absolute atomic E-state index is 0.00166. The van der Waals surface area contributed by atoms with Gasteiger partial charge in [0, 0.05) is 79.4 Å². The van der Waals surface area contributed by atoms with E-state index in [4.69, 9.17) is 48.6 Å². The lowest BCUT2D eigenvalue weighted by Crippen LogP contribution is -2.28. The first kappa shape index (κ1) is 53.5. The number of anilines is 2. The second-order valence-electron chi connectivity index (χ2n) is 18.7. The molecule has 0 bridgehead atoms. The van der Waals surface area contributed by atoms with Crippen molar-refractivity contribution in [2.45, 2.75) is 63.1 Å². The number of allylic oxidation sites excluding steroid dienone is 2. The number of nitrogens with zero attached hydrogens (tertiary/aromatic N) is 3. The molecule has 2 aliphatic rings. The Balaban J connectivity index is 0.000000180. The Labute approximate surface area is 445 Å². The van der Waals surface area contributed by atoms with Crippen LogP contribution in [0.15, 0.2) is 143 Å². The summed E-state index contributed by atoms with van der Waals surface area (Å²) < 4.78 is 12.1. The molecule has 0 saturated carbocycles. The average Bonchev–Trinajstić information content (AvgIpc) is 4.26. The van der Waals surface area contributed by atoms with Gasteiger partial charge >= 0.3 is 5.97 Å². The highest BCUT2D eigenvalue weighted by atomic mass is 35.5. The Morgan fingerprint density at radius 3 is 1.53 bits per heavy atom. The number of nitrogens with one attached hydrogen (secondary N) is 1. The van der Waals surface area contributed by atoms with Gasteiger partial charge in [-0.3, -0.25) is 14.4 Å². The largest absolute Gasteiger partial charge is 0.478 e. The Hall–Kier alpha value is -7.84. The molecule has 0 spiro atoms. The van der Waals surface area contributed by atoms with Crippen LogP contribution >= 0.6 is 23.2 Å². The zero-order valence-electron chi connectivity index (χ0n) is 41.7. The highest BCUT2D eigenvalue weighted by Crippen LogP contribution is 2.33. The number of pyridine rings is 2. The number of furan rings is 2. The van der Waals surface area contributed by atoms with Crippen LogP contribution in [0.25, 0.3) is 56.3 Å².